The van der Waals surface area contributed by atoms with Gasteiger partial charge in [-0.15, -0.1) is 0 Å². The third kappa shape index (κ3) is 6.94. The fourth-order valence-electron chi connectivity index (χ4n) is 2.89. The second kappa shape index (κ2) is 9.09. The van der Waals surface area contributed by atoms with Crippen molar-refractivity contribution in [2.24, 2.45) is 5.92 Å². The van der Waals surface area contributed by atoms with E-state index in [-0.39, 0.29) is 6.09 Å². The third-order valence-corrected chi connectivity index (χ3v) is 4.36. The topological polar surface area (TPSA) is 48.0 Å². The Morgan fingerprint density at radius 3 is 2.36 bits per heavy atom. The van der Waals surface area contributed by atoms with E-state index in [0.717, 1.165) is 50.3 Å². The van der Waals surface area contributed by atoms with E-state index >= 15 is 0 Å². The van der Waals surface area contributed by atoms with Crippen molar-refractivity contribution in [3.8, 4) is 5.75 Å². The molecule has 0 spiro atoms. The first-order valence-electron chi connectivity index (χ1n) is 9.06. The number of benzene rings is 1. The lowest BCUT2D eigenvalue weighted by molar-refractivity contribution is 0.0164. The van der Waals surface area contributed by atoms with E-state index in [1.54, 1.807) is 7.11 Å². The molecular weight excluding hydrogens is 318 g/mol. The highest BCUT2D eigenvalue weighted by molar-refractivity contribution is 5.68. The SMILES string of the molecule is COc1ccc(COCCC2CCN(C(=O)OC(C)(C)C)CC2)cc1. The molecule has 0 aromatic heterocycles. The molecule has 1 saturated heterocycles. The van der Waals surface area contributed by atoms with E-state index in [9.17, 15) is 4.79 Å². The van der Waals surface area contributed by atoms with Gasteiger partial charge in [-0.1, -0.05) is 12.1 Å². The van der Waals surface area contributed by atoms with Gasteiger partial charge in [0.05, 0.1) is 13.7 Å². The Morgan fingerprint density at radius 2 is 1.80 bits per heavy atom. The third-order valence-electron chi connectivity index (χ3n) is 4.36. The molecule has 1 aliphatic heterocycles. The number of carbonyl (C=O) groups is 1. The Hall–Kier alpha value is -1.75. The van der Waals surface area contributed by atoms with Gasteiger partial charge in [0.2, 0.25) is 0 Å². The summed E-state index contributed by atoms with van der Waals surface area (Å²) in [5.74, 6) is 1.48. The van der Waals surface area contributed by atoms with Gasteiger partial charge in [0.15, 0.2) is 0 Å². The van der Waals surface area contributed by atoms with Gasteiger partial charge in [0.25, 0.3) is 0 Å². The molecule has 1 heterocycles. The summed E-state index contributed by atoms with van der Waals surface area (Å²) >= 11 is 0. The van der Waals surface area contributed by atoms with Gasteiger partial charge in [-0.2, -0.15) is 0 Å². The molecule has 140 valence electrons. The molecule has 2 rings (SSSR count). The van der Waals surface area contributed by atoms with Crippen LogP contribution in [0.15, 0.2) is 24.3 Å². The highest BCUT2D eigenvalue weighted by Gasteiger charge is 2.26. The first-order valence-corrected chi connectivity index (χ1v) is 9.06. The molecule has 25 heavy (non-hydrogen) atoms. The van der Waals surface area contributed by atoms with Crippen LogP contribution in [0.4, 0.5) is 4.79 Å². The minimum atomic E-state index is -0.427. The largest absolute Gasteiger partial charge is 0.497 e. The van der Waals surface area contributed by atoms with Crippen LogP contribution < -0.4 is 4.74 Å². The van der Waals surface area contributed by atoms with Crippen LogP contribution in [-0.2, 0) is 16.1 Å². The van der Waals surface area contributed by atoms with E-state index < -0.39 is 5.60 Å². The molecule has 0 unspecified atom stereocenters. The highest BCUT2D eigenvalue weighted by atomic mass is 16.6. The first-order chi connectivity index (χ1) is 11.9. The second-order valence-corrected chi connectivity index (χ2v) is 7.60. The number of ether oxygens (including phenoxy) is 3. The van der Waals surface area contributed by atoms with Crippen molar-refractivity contribution in [1.29, 1.82) is 0 Å². The lowest BCUT2D eigenvalue weighted by atomic mass is 9.94. The van der Waals surface area contributed by atoms with Crippen molar-refractivity contribution >= 4 is 6.09 Å². The maximum absolute atomic E-state index is 12.1. The van der Waals surface area contributed by atoms with Crippen LogP contribution in [-0.4, -0.2) is 43.4 Å². The van der Waals surface area contributed by atoms with Crippen LogP contribution in [0.2, 0.25) is 0 Å². The summed E-state index contributed by atoms with van der Waals surface area (Å²) in [5, 5.41) is 0. The number of hydrogen-bond acceptors (Lipinski definition) is 4. The molecule has 0 aliphatic carbocycles. The molecule has 0 saturated carbocycles. The second-order valence-electron chi connectivity index (χ2n) is 7.60. The summed E-state index contributed by atoms with van der Waals surface area (Å²) in [4.78, 5) is 13.9. The van der Waals surface area contributed by atoms with Gasteiger partial charge < -0.3 is 19.1 Å². The van der Waals surface area contributed by atoms with Gasteiger partial charge in [-0.25, -0.2) is 4.79 Å². The predicted octanol–water partition coefficient (Wildman–Crippen LogP) is 4.25. The monoisotopic (exact) mass is 349 g/mol. The Labute approximate surface area is 151 Å². The fraction of sp³-hybridized carbons (Fsp3) is 0.650. The quantitative estimate of drug-likeness (QED) is 0.721. The van der Waals surface area contributed by atoms with E-state index in [0.29, 0.717) is 12.5 Å². The average molecular weight is 349 g/mol. The summed E-state index contributed by atoms with van der Waals surface area (Å²) in [6.45, 7) is 8.63. The fourth-order valence-corrected chi connectivity index (χ4v) is 2.89. The van der Waals surface area contributed by atoms with Crippen molar-refractivity contribution in [3.63, 3.8) is 0 Å². The zero-order chi connectivity index (χ0) is 18.3. The minimum absolute atomic E-state index is 0.193. The molecule has 5 nitrogen and oxygen atoms in total. The summed E-state index contributed by atoms with van der Waals surface area (Å²) in [5.41, 5.74) is 0.726. The minimum Gasteiger partial charge on any atom is -0.497 e. The van der Waals surface area contributed by atoms with Gasteiger partial charge in [0, 0.05) is 19.7 Å². The normalized spacial score (nSPS) is 15.9. The Morgan fingerprint density at radius 1 is 1.16 bits per heavy atom. The van der Waals surface area contributed by atoms with Crippen LogP contribution in [0.25, 0.3) is 0 Å². The number of rotatable bonds is 6. The molecular formula is C20H31NO4. The number of hydrogen-bond donors (Lipinski definition) is 0. The molecule has 5 heteroatoms. The smallest absolute Gasteiger partial charge is 0.410 e. The molecule has 1 aromatic rings. The average Bonchev–Trinajstić information content (AvgIpc) is 2.58. The zero-order valence-electron chi connectivity index (χ0n) is 15.9. The molecule has 0 N–H and O–H groups in total. The Kier molecular flexibility index (Phi) is 7.12. The van der Waals surface area contributed by atoms with Crippen LogP contribution in [0, 0.1) is 5.92 Å². The lowest BCUT2D eigenvalue weighted by Crippen LogP contribution is -2.41. The van der Waals surface area contributed by atoms with Gasteiger partial charge in [-0.05, 0) is 63.6 Å². The number of carbonyl (C=O) groups excluding carboxylic acids is 1. The standard InChI is InChI=1S/C20H31NO4/c1-20(2,3)25-19(22)21-12-9-16(10-13-21)11-14-24-15-17-5-7-18(23-4)8-6-17/h5-8,16H,9-15H2,1-4H3. The molecule has 1 aliphatic rings. The van der Waals surface area contributed by atoms with Crippen molar-refractivity contribution in [2.75, 3.05) is 26.8 Å². The molecule has 0 atom stereocenters. The highest BCUT2D eigenvalue weighted by Crippen LogP contribution is 2.22. The predicted molar refractivity (Wildman–Crippen MR) is 97.8 cm³/mol. The van der Waals surface area contributed by atoms with E-state index in [1.165, 1.54) is 0 Å². The number of piperidine rings is 1. The van der Waals surface area contributed by atoms with Crippen molar-refractivity contribution in [1.82, 2.24) is 4.90 Å². The molecule has 1 aromatic carbocycles. The maximum Gasteiger partial charge on any atom is 0.410 e. The molecule has 0 radical (unpaired) electrons. The summed E-state index contributed by atoms with van der Waals surface area (Å²) < 4.78 is 16.4. The maximum atomic E-state index is 12.1. The van der Waals surface area contributed by atoms with Crippen LogP contribution in [0.3, 0.4) is 0 Å². The molecule has 1 amide bonds. The van der Waals surface area contributed by atoms with Crippen LogP contribution in [0.5, 0.6) is 5.75 Å². The van der Waals surface area contributed by atoms with E-state index in [2.05, 4.69) is 0 Å². The summed E-state index contributed by atoms with van der Waals surface area (Å²) in [6, 6.07) is 7.95. The zero-order valence-corrected chi connectivity index (χ0v) is 15.9. The van der Waals surface area contributed by atoms with Gasteiger partial charge in [0.1, 0.15) is 11.4 Å². The van der Waals surface area contributed by atoms with E-state index in [1.807, 2.05) is 49.9 Å². The lowest BCUT2D eigenvalue weighted by Gasteiger charge is -2.33. The Bertz CT molecular complexity index is 528. The summed E-state index contributed by atoms with van der Waals surface area (Å²) in [7, 11) is 1.67. The number of amides is 1. The van der Waals surface area contributed by atoms with Crippen molar-refractivity contribution < 1.29 is 19.0 Å². The van der Waals surface area contributed by atoms with Crippen molar-refractivity contribution in [2.45, 2.75) is 52.2 Å². The summed E-state index contributed by atoms with van der Waals surface area (Å²) in [6.07, 6.45) is 2.89. The Balaban J connectivity index is 1.61. The van der Waals surface area contributed by atoms with Crippen LogP contribution >= 0.6 is 0 Å². The van der Waals surface area contributed by atoms with Crippen LogP contribution in [0.1, 0.15) is 45.6 Å². The molecule has 0 bridgehead atoms. The van der Waals surface area contributed by atoms with Gasteiger partial charge >= 0.3 is 6.09 Å². The number of nitrogens with zero attached hydrogens (tertiary/aromatic N) is 1. The van der Waals surface area contributed by atoms with Gasteiger partial charge in [-0.3, -0.25) is 0 Å². The number of likely N-dealkylation sites (tertiary alicyclic amines) is 1. The van der Waals surface area contributed by atoms with Crippen molar-refractivity contribution in [3.05, 3.63) is 29.8 Å². The molecule has 1 fully saturated rings. The van der Waals surface area contributed by atoms with E-state index in [4.69, 9.17) is 14.2 Å². The number of methoxy groups -OCH3 is 1. The first kappa shape index (κ1) is 19.6.